The first-order valence-corrected chi connectivity index (χ1v) is 16.3. The molecule has 4 aliphatic rings. The molecule has 4 heterocycles. The predicted molar refractivity (Wildman–Crippen MR) is 169 cm³/mol. The number of methoxy groups -OCH3 is 1. The highest BCUT2D eigenvalue weighted by Gasteiger charge is 2.74. The summed E-state index contributed by atoms with van der Waals surface area (Å²) in [5, 5.41) is 13.6. The maximum Gasteiger partial charge on any atom is 0.313 e. The van der Waals surface area contributed by atoms with Crippen LogP contribution < -0.4 is 5.32 Å². The lowest BCUT2D eigenvalue weighted by molar-refractivity contribution is -0.163. The van der Waals surface area contributed by atoms with Gasteiger partial charge >= 0.3 is 5.97 Å². The number of fused-ring (bicyclic) bond motifs is 2. The Kier molecular flexibility index (Phi) is 10.3. The molecule has 0 radical (unpaired) electrons. The topological polar surface area (TPSA) is 135 Å². The molecule has 1 spiro atoms. The summed E-state index contributed by atoms with van der Waals surface area (Å²) in [6, 6.07) is 6.44. The average Bonchev–Trinajstić information content (AvgIpc) is 3.67. The lowest BCUT2D eigenvalue weighted by atomic mass is 9.74. The summed E-state index contributed by atoms with van der Waals surface area (Å²) in [5.74, 6) is -3.57. The molecule has 1 aromatic carbocycles. The highest BCUT2D eigenvalue weighted by atomic mass is 16.6. The van der Waals surface area contributed by atoms with Crippen molar-refractivity contribution in [2.24, 2.45) is 17.8 Å². The Morgan fingerprint density at radius 2 is 1.80 bits per heavy atom. The van der Waals surface area contributed by atoms with Crippen LogP contribution in [0.3, 0.4) is 0 Å². The van der Waals surface area contributed by atoms with Crippen LogP contribution in [0.25, 0.3) is 0 Å². The fourth-order valence-corrected chi connectivity index (χ4v) is 7.50. The quantitative estimate of drug-likeness (QED) is 0.328. The average molecular weight is 638 g/mol. The number of hydrogen-bond acceptors (Lipinski definition) is 8. The van der Waals surface area contributed by atoms with Crippen molar-refractivity contribution in [2.45, 2.75) is 88.9 Å². The van der Waals surface area contributed by atoms with Crippen molar-refractivity contribution in [3.05, 3.63) is 60.2 Å². The van der Waals surface area contributed by atoms with E-state index in [1.165, 1.54) is 12.0 Å². The fourth-order valence-electron chi connectivity index (χ4n) is 7.50. The van der Waals surface area contributed by atoms with Crippen molar-refractivity contribution in [1.82, 2.24) is 15.1 Å². The predicted octanol–water partition coefficient (Wildman–Crippen LogP) is 2.55. The summed E-state index contributed by atoms with van der Waals surface area (Å²) in [5.41, 5.74) is -0.747. The zero-order chi connectivity index (χ0) is 33.2. The lowest BCUT2D eigenvalue weighted by Gasteiger charge is -2.40. The van der Waals surface area contributed by atoms with Crippen LogP contribution in [0.5, 0.6) is 0 Å². The van der Waals surface area contributed by atoms with Crippen molar-refractivity contribution in [3.8, 4) is 0 Å². The molecule has 4 aliphatic heterocycles. The van der Waals surface area contributed by atoms with Crippen LogP contribution in [-0.4, -0.2) is 101 Å². The summed E-state index contributed by atoms with van der Waals surface area (Å²) in [4.78, 5) is 59.7. The first-order chi connectivity index (χ1) is 22.0. The number of cyclic esters (lactones) is 1. The van der Waals surface area contributed by atoms with Gasteiger partial charge in [0.15, 0.2) is 0 Å². The second kappa shape index (κ2) is 14.1. The van der Waals surface area contributed by atoms with Crippen molar-refractivity contribution in [1.29, 1.82) is 0 Å². The molecule has 1 aromatic rings. The number of carbonyl (C=O) groups is 4. The molecule has 11 nitrogen and oxygen atoms in total. The molecule has 46 heavy (non-hydrogen) atoms. The number of rotatable bonds is 8. The number of likely N-dealkylation sites (tertiary alicyclic amines) is 1. The molecular formula is C35H47N3O8. The number of carbonyl (C=O) groups excluding carboxylic acids is 4. The summed E-state index contributed by atoms with van der Waals surface area (Å²) in [7, 11) is 1.51. The smallest absolute Gasteiger partial charge is 0.313 e. The highest BCUT2D eigenvalue weighted by Crippen LogP contribution is 2.56. The SMILES string of the molecule is COC[C@H]1NC(=O)CC/C=C\CN(C(C)C)C(=O)[C@@H]2N([C@@H](CO)CC(C)C)C(=O)[C@H]3[C@H](C(=O)O[C@@H]1c1ccccc1)[C@@H]1C=C[C@]23O1. The minimum Gasteiger partial charge on any atom is -0.455 e. The molecule has 2 fully saturated rings. The number of aliphatic hydroxyl groups excluding tert-OH is 1. The fraction of sp³-hybridized carbons (Fsp3) is 0.600. The van der Waals surface area contributed by atoms with E-state index < -0.39 is 59.6 Å². The van der Waals surface area contributed by atoms with Gasteiger partial charge in [-0.2, -0.15) is 0 Å². The largest absolute Gasteiger partial charge is 0.455 e. The van der Waals surface area contributed by atoms with E-state index in [0.717, 1.165) is 0 Å². The molecule has 0 unspecified atom stereocenters. The standard InChI is InChI=1S/C35H47N3O8/c1-21(2)18-24(19-39)38-31-33(42)37(22(3)4)17-11-7-10-14-27(40)36-25(20-44-5)30(23-12-8-6-9-13-23)45-34(43)28-26-15-16-35(31,46-26)29(28)32(38)41/h6-9,11-13,15-16,21-22,24-26,28-31,39H,10,14,17-20H2,1-5H3,(H,36,40)/b11-7-/t24-,25-,26+,28-,29-,30-,31+,35-/m1/s1. The van der Waals surface area contributed by atoms with Crippen LogP contribution >= 0.6 is 0 Å². The van der Waals surface area contributed by atoms with Crippen LogP contribution in [0, 0.1) is 17.8 Å². The van der Waals surface area contributed by atoms with E-state index in [9.17, 15) is 24.3 Å². The molecular weight excluding hydrogens is 590 g/mol. The maximum absolute atomic E-state index is 14.6. The van der Waals surface area contributed by atoms with Gasteiger partial charge in [0, 0.05) is 26.1 Å². The highest BCUT2D eigenvalue weighted by molar-refractivity contribution is 5.99. The summed E-state index contributed by atoms with van der Waals surface area (Å²) in [6.45, 7) is 7.79. The van der Waals surface area contributed by atoms with Crippen molar-refractivity contribution < 1.29 is 38.5 Å². The van der Waals surface area contributed by atoms with Gasteiger partial charge in [-0.15, -0.1) is 0 Å². The van der Waals surface area contributed by atoms with Crippen LogP contribution in [0.15, 0.2) is 54.6 Å². The second-order valence-corrected chi connectivity index (χ2v) is 13.4. The third kappa shape index (κ3) is 6.24. The third-order valence-electron chi connectivity index (χ3n) is 9.51. The normalized spacial score (nSPS) is 33.0. The van der Waals surface area contributed by atoms with E-state index in [4.69, 9.17) is 14.2 Å². The summed E-state index contributed by atoms with van der Waals surface area (Å²) < 4.78 is 18.3. The lowest BCUT2D eigenvalue weighted by Crippen LogP contribution is -2.59. The van der Waals surface area contributed by atoms with E-state index in [1.807, 2.05) is 70.2 Å². The second-order valence-electron chi connectivity index (χ2n) is 13.4. The van der Waals surface area contributed by atoms with Gasteiger partial charge in [0.1, 0.15) is 23.7 Å². The summed E-state index contributed by atoms with van der Waals surface area (Å²) >= 11 is 0. The van der Waals surface area contributed by atoms with E-state index in [1.54, 1.807) is 17.1 Å². The molecule has 8 atom stereocenters. The van der Waals surface area contributed by atoms with Crippen LogP contribution in [0.2, 0.25) is 0 Å². The Hall–Kier alpha value is -3.54. The number of esters is 1. The minimum absolute atomic E-state index is 0.0757. The number of amides is 3. The van der Waals surface area contributed by atoms with E-state index >= 15 is 0 Å². The number of nitrogens with zero attached hydrogens (tertiary/aromatic N) is 2. The number of hydrogen-bond donors (Lipinski definition) is 2. The van der Waals surface area contributed by atoms with Gasteiger partial charge < -0.3 is 34.4 Å². The van der Waals surface area contributed by atoms with Crippen molar-refractivity contribution in [2.75, 3.05) is 26.9 Å². The molecule has 11 heteroatoms. The molecule has 5 bridgehead atoms. The maximum atomic E-state index is 14.6. The van der Waals surface area contributed by atoms with Crippen LogP contribution in [0.4, 0.5) is 0 Å². The number of benzene rings is 1. The Bertz CT molecular complexity index is 1350. The molecule has 0 aliphatic carbocycles. The number of nitrogens with one attached hydrogen (secondary N) is 1. The van der Waals surface area contributed by atoms with E-state index in [0.29, 0.717) is 18.4 Å². The Labute approximate surface area is 270 Å². The Morgan fingerprint density at radius 1 is 1.07 bits per heavy atom. The van der Waals surface area contributed by atoms with Gasteiger partial charge in [-0.25, -0.2) is 0 Å². The molecule has 250 valence electrons. The van der Waals surface area contributed by atoms with Gasteiger partial charge in [-0.1, -0.05) is 68.5 Å². The molecule has 5 rings (SSSR count). The number of allylic oxidation sites excluding steroid dienone is 1. The zero-order valence-electron chi connectivity index (χ0n) is 27.3. The molecule has 0 aromatic heterocycles. The van der Waals surface area contributed by atoms with Gasteiger partial charge in [0.2, 0.25) is 17.7 Å². The first-order valence-electron chi connectivity index (χ1n) is 16.3. The van der Waals surface area contributed by atoms with Crippen LogP contribution in [-0.2, 0) is 33.4 Å². The third-order valence-corrected chi connectivity index (χ3v) is 9.51. The number of aliphatic hydroxyl groups is 1. The molecule has 3 amide bonds. The zero-order valence-corrected chi connectivity index (χ0v) is 27.3. The van der Waals surface area contributed by atoms with Gasteiger partial charge in [0.05, 0.1) is 37.3 Å². The van der Waals surface area contributed by atoms with E-state index in [2.05, 4.69) is 5.32 Å². The monoisotopic (exact) mass is 637 g/mol. The summed E-state index contributed by atoms with van der Waals surface area (Å²) in [6.07, 6.45) is 6.61. The van der Waals surface area contributed by atoms with Gasteiger partial charge in [-0.05, 0) is 38.2 Å². The Morgan fingerprint density at radius 3 is 2.46 bits per heavy atom. The number of ether oxygens (including phenoxy) is 3. The van der Waals surface area contributed by atoms with Crippen molar-refractivity contribution >= 4 is 23.7 Å². The van der Waals surface area contributed by atoms with E-state index in [-0.39, 0.29) is 50.0 Å². The molecule has 2 N–H and O–H groups in total. The Balaban J connectivity index is 1.63. The van der Waals surface area contributed by atoms with Crippen LogP contribution in [0.1, 0.15) is 58.6 Å². The van der Waals surface area contributed by atoms with Crippen molar-refractivity contribution in [3.63, 3.8) is 0 Å². The van der Waals surface area contributed by atoms with Gasteiger partial charge in [-0.3, -0.25) is 19.2 Å². The first kappa shape index (κ1) is 33.8. The molecule has 0 saturated carbocycles. The molecule has 2 saturated heterocycles. The minimum atomic E-state index is -1.40. The van der Waals surface area contributed by atoms with Gasteiger partial charge in [0.25, 0.3) is 0 Å².